The van der Waals surface area contributed by atoms with Gasteiger partial charge in [0.05, 0.1) is 5.56 Å². The van der Waals surface area contributed by atoms with E-state index in [4.69, 9.17) is 16.3 Å². The Morgan fingerprint density at radius 1 is 1.10 bits per heavy atom. The summed E-state index contributed by atoms with van der Waals surface area (Å²) in [6.45, 7) is 1.49. The minimum absolute atomic E-state index is 0.00648. The Morgan fingerprint density at radius 3 is 2.55 bits per heavy atom. The van der Waals surface area contributed by atoms with Crippen molar-refractivity contribution in [2.45, 2.75) is 13.3 Å². The first-order chi connectivity index (χ1) is 9.56. The van der Waals surface area contributed by atoms with Crippen LogP contribution >= 0.6 is 11.6 Å². The number of hydrogen-bond donors (Lipinski definition) is 0. The van der Waals surface area contributed by atoms with Crippen LogP contribution in [0.4, 0.5) is 0 Å². The van der Waals surface area contributed by atoms with Crippen LogP contribution in [0.25, 0.3) is 0 Å². The summed E-state index contributed by atoms with van der Waals surface area (Å²) in [5, 5.41) is 0.493. The molecule has 2 rings (SSSR count). The molecule has 0 heterocycles. The normalized spacial score (nSPS) is 10.1. The molecule has 0 bridgehead atoms. The van der Waals surface area contributed by atoms with Crippen molar-refractivity contribution >= 4 is 23.4 Å². The zero-order valence-corrected chi connectivity index (χ0v) is 11.7. The molecule has 0 aromatic heterocycles. The predicted molar refractivity (Wildman–Crippen MR) is 77.2 cm³/mol. The van der Waals surface area contributed by atoms with Gasteiger partial charge in [0.2, 0.25) is 0 Å². The summed E-state index contributed by atoms with van der Waals surface area (Å²) in [6, 6.07) is 13.5. The van der Waals surface area contributed by atoms with Gasteiger partial charge in [0.15, 0.2) is 0 Å². The molecule has 0 aliphatic rings. The van der Waals surface area contributed by atoms with E-state index < -0.39 is 5.97 Å². The van der Waals surface area contributed by atoms with Gasteiger partial charge in [-0.05, 0) is 36.8 Å². The SMILES string of the molecule is CC(=O)Cc1ccccc1C(=O)Oc1cccc(Cl)c1. The van der Waals surface area contributed by atoms with Crippen LogP contribution in [0, 0.1) is 0 Å². The van der Waals surface area contributed by atoms with E-state index in [2.05, 4.69) is 0 Å². The van der Waals surface area contributed by atoms with Crippen LogP contribution in [0.2, 0.25) is 5.02 Å². The van der Waals surface area contributed by atoms with Crippen LogP contribution in [0.3, 0.4) is 0 Å². The molecule has 2 aromatic rings. The van der Waals surface area contributed by atoms with Gasteiger partial charge in [-0.2, -0.15) is 0 Å². The van der Waals surface area contributed by atoms with E-state index in [-0.39, 0.29) is 12.2 Å². The molecule has 0 saturated heterocycles. The quantitative estimate of drug-likeness (QED) is 0.636. The Kier molecular flexibility index (Phi) is 4.53. The lowest BCUT2D eigenvalue weighted by molar-refractivity contribution is -0.116. The number of ether oxygens (including phenoxy) is 1. The Hall–Kier alpha value is -2.13. The molecule has 0 unspecified atom stereocenters. The highest BCUT2D eigenvalue weighted by atomic mass is 35.5. The number of halogens is 1. The van der Waals surface area contributed by atoms with E-state index in [0.717, 1.165) is 0 Å². The second-order valence-electron chi connectivity index (χ2n) is 4.38. The van der Waals surface area contributed by atoms with Gasteiger partial charge in [-0.1, -0.05) is 35.9 Å². The average Bonchev–Trinajstić information content (AvgIpc) is 2.38. The third kappa shape index (κ3) is 3.68. The first-order valence-corrected chi connectivity index (χ1v) is 6.49. The van der Waals surface area contributed by atoms with Crippen molar-refractivity contribution in [3.63, 3.8) is 0 Å². The number of Topliss-reactive ketones (excluding diaryl/α,β-unsaturated/α-hetero) is 1. The van der Waals surface area contributed by atoms with Crippen molar-refractivity contribution in [3.05, 3.63) is 64.7 Å². The van der Waals surface area contributed by atoms with Gasteiger partial charge in [-0.3, -0.25) is 4.79 Å². The highest BCUT2D eigenvalue weighted by Gasteiger charge is 2.14. The predicted octanol–water partition coefficient (Wildman–Crippen LogP) is 3.69. The molecule has 0 aliphatic carbocycles. The largest absolute Gasteiger partial charge is 0.423 e. The lowest BCUT2D eigenvalue weighted by Gasteiger charge is -2.08. The zero-order valence-electron chi connectivity index (χ0n) is 10.9. The smallest absolute Gasteiger partial charge is 0.343 e. The Morgan fingerprint density at radius 2 is 1.85 bits per heavy atom. The van der Waals surface area contributed by atoms with E-state index in [1.165, 1.54) is 6.92 Å². The first-order valence-electron chi connectivity index (χ1n) is 6.11. The van der Waals surface area contributed by atoms with Crippen LogP contribution in [0.15, 0.2) is 48.5 Å². The maximum Gasteiger partial charge on any atom is 0.343 e. The maximum absolute atomic E-state index is 12.2. The lowest BCUT2D eigenvalue weighted by Crippen LogP contribution is -2.12. The summed E-state index contributed by atoms with van der Waals surface area (Å²) in [5.41, 5.74) is 1.05. The van der Waals surface area contributed by atoms with Gasteiger partial charge in [-0.15, -0.1) is 0 Å². The monoisotopic (exact) mass is 288 g/mol. The van der Waals surface area contributed by atoms with Crippen LogP contribution in [0.5, 0.6) is 5.75 Å². The number of ketones is 1. The Bertz CT molecular complexity index is 650. The van der Waals surface area contributed by atoms with Crippen LogP contribution in [-0.2, 0) is 11.2 Å². The molecule has 2 aromatic carbocycles. The Labute approximate surface area is 122 Å². The zero-order chi connectivity index (χ0) is 14.5. The molecule has 3 nitrogen and oxygen atoms in total. The molecule has 20 heavy (non-hydrogen) atoms. The van der Waals surface area contributed by atoms with Crippen LogP contribution < -0.4 is 4.74 Å². The minimum Gasteiger partial charge on any atom is -0.423 e. The summed E-state index contributed by atoms with van der Waals surface area (Å²) in [7, 11) is 0. The maximum atomic E-state index is 12.2. The number of esters is 1. The van der Waals surface area contributed by atoms with Gasteiger partial charge in [0, 0.05) is 11.4 Å². The van der Waals surface area contributed by atoms with Crippen molar-refractivity contribution < 1.29 is 14.3 Å². The summed E-state index contributed by atoms with van der Waals surface area (Å²) in [6.07, 6.45) is 0.209. The molecule has 0 atom stereocenters. The fourth-order valence-corrected chi connectivity index (χ4v) is 2.01. The summed E-state index contributed by atoms with van der Waals surface area (Å²) >= 11 is 5.84. The topological polar surface area (TPSA) is 43.4 Å². The number of carbonyl (C=O) groups is 2. The van der Waals surface area contributed by atoms with Gasteiger partial charge in [0.25, 0.3) is 0 Å². The molecule has 4 heteroatoms. The number of hydrogen-bond acceptors (Lipinski definition) is 3. The van der Waals surface area contributed by atoms with Crippen LogP contribution in [0.1, 0.15) is 22.8 Å². The molecule has 0 spiro atoms. The minimum atomic E-state index is -0.496. The molecule has 0 N–H and O–H groups in total. The summed E-state index contributed by atoms with van der Waals surface area (Å²) < 4.78 is 5.27. The van der Waals surface area contributed by atoms with Gasteiger partial charge in [0.1, 0.15) is 11.5 Å². The van der Waals surface area contributed by atoms with Gasteiger partial charge >= 0.3 is 5.97 Å². The van der Waals surface area contributed by atoms with E-state index >= 15 is 0 Å². The molecule has 0 amide bonds. The third-order valence-electron chi connectivity index (χ3n) is 2.68. The van der Waals surface area contributed by atoms with E-state index in [1.807, 2.05) is 0 Å². The number of rotatable bonds is 4. The fourth-order valence-electron chi connectivity index (χ4n) is 1.83. The summed E-state index contributed by atoms with van der Waals surface area (Å²) in [5.74, 6) is -0.128. The van der Waals surface area contributed by atoms with Gasteiger partial charge in [-0.25, -0.2) is 4.79 Å². The second-order valence-corrected chi connectivity index (χ2v) is 4.82. The van der Waals surface area contributed by atoms with Crippen molar-refractivity contribution in [1.29, 1.82) is 0 Å². The molecule has 0 aliphatic heterocycles. The fraction of sp³-hybridized carbons (Fsp3) is 0.125. The highest BCUT2D eigenvalue weighted by molar-refractivity contribution is 6.30. The van der Waals surface area contributed by atoms with Crippen molar-refractivity contribution in [1.82, 2.24) is 0 Å². The summed E-state index contributed by atoms with van der Waals surface area (Å²) in [4.78, 5) is 23.4. The lowest BCUT2D eigenvalue weighted by atomic mass is 10.0. The van der Waals surface area contributed by atoms with E-state index in [1.54, 1.807) is 48.5 Å². The molecule has 102 valence electrons. The second kappa shape index (κ2) is 6.35. The van der Waals surface area contributed by atoms with Crippen molar-refractivity contribution in [2.75, 3.05) is 0 Å². The molecular formula is C16H13ClO3. The molecule has 0 radical (unpaired) electrons. The highest BCUT2D eigenvalue weighted by Crippen LogP contribution is 2.19. The van der Waals surface area contributed by atoms with E-state index in [0.29, 0.717) is 21.9 Å². The van der Waals surface area contributed by atoms with Crippen LogP contribution in [-0.4, -0.2) is 11.8 Å². The van der Waals surface area contributed by atoms with Gasteiger partial charge < -0.3 is 4.74 Å². The standard InChI is InChI=1S/C16H13ClO3/c1-11(18)9-12-5-2-3-8-15(12)16(19)20-14-7-4-6-13(17)10-14/h2-8,10H,9H2,1H3. The average molecular weight is 289 g/mol. The first kappa shape index (κ1) is 14.3. The van der Waals surface area contributed by atoms with Crippen molar-refractivity contribution in [2.24, 2.45) is 0 Å². The molecule has 0 saturated carbocycles. The van der Waals surface area contributed by atoms with Crippen molar-refractivity contribution in [3.8, 4) is 5.75 Å². The number of carbonyl (C=O) groups excluding carboxylic acids is 2. The Balaban J connectivity index is 2.23. The molecular weight excluding hydrogens is 276 g/mol. The third-order valence-corrected chi connectivity index (χ3v) is 2.92. The number of benzene rings is 2. The molecule has 0 fully saturated rings. The van der Waals surface area contributed by atoms with E-state index in [9.17, 15) is 9.59 Å².